The predicted octanol–water partition coefficient (Wildman–Crippen LogP) is 7.05. The first-order valence-corrected chi connectivity index (χ1v) is 15.1. The molecule has 0 nitrogen and oxygen atoms in total. The zero-order valence-electron chi connectivity index (χ0n) is 16.2. The van der Waals surface area contributed by atoms with Crippen molar-refractivity contribution in [2.24, 2.45) is 0 Å². The normalized spacial score (nSPS) is 22.4. The summed E-state index contributed by atoms with van der Waals surface area (Å²) >= 11 is 0. The average Bonchev–Trinajstić information content (AvgIpc) is 3.11. The van der Waals surface area contributed by atoms with E-state index >= 15 is 0 Å². The third kappa shape index (κ3) is 3.34. The topological polar surface area (TPSA) is 0 Å². The molecule has 0 bridgehead atoms. The van der Waals surface area contributed by atoms with E-state index in [4.69, 9.17) is 0 Å². The number of hydrogen-bond acceptors (Lipinski definition) is 0. The van der Waals surface area contributed by atoms with Gasteiger partial charge in [0.05, 0.1) is 16.1 Å². The molecule has 0 radical (unpaired) electrons. The van der Waals surface area contributed by atoms with Crippen LogP contribution in [0.5, 0.6) is 0 Å². The van der Waals surface area contributed by atoms with Gasteiger partial charge in [-0.25, -0.2) is 0 Å². The SMILES string of the molecule is C=C[Si](C)(C)CC[Si](C)(C1C=CC=C1)C1C(C)=C(C)C(C)=C1C. The molecule has 0 fully saturated rings. The highest BCUT2D eigenvalue weighted by molar-refractivity contribution is 6.88. The zero-order valence-corrected chi connectivity index (χ0v) is 18.2. The molecule has 2 aliphatic carbocycles. The van der Waals surface area contributed by atoms with E-state index in [9.17, 15) is 0 Å². The lowest BCUT2D eigenvalue weighted by Crippen LogP contribution is -2.42. The number of hydrogen-bond donors (Lipinski definition) is 0. The molecule has 0 heterocycles. The van der Waals surface area contributed by atoms with Crippen LogP contribution in [0.2, 0.25) is 42.8 Å². The summed E-state index contributed by atoms with van der Waals surface area (Å²) in [5.41, 5.74) is 10.1. The molecule has 1 unspecified atom stereocenters. The molecule has 2 aliphatic rings. The van der Waals surface area contributed by atoms with Gasteiger partial charge in [0.25, 0.3) is 0 Å². The fourth-order valence-corrected chi connectivity index (χ4v) is 13.9. The van der Waals surface area contributed by atoms with Crippen molar-refractivity contribution in [3.05, 3.63) is 58.9 Å². The van der Waals surface area contributed by atoms with Crippen LogP contribution in [0.3, 0.4) is 0 Å². The maximum Gasteiger partial charge on any atom is 0.0733 e. The van der Waals surface area contributed by atoms with Gasteiger partial charge >= 0.3 is 0 Å². The molecule has 0 N–H and O–H groups in total. The fourth-order valence-electron chi connectivity index (χ4n) is 4.41. The Morgan fingerprint density at radius 3 is 1.83 bits per heavy atom. The first kappa shape index (κ1) is 18.5. The van der Waals surface area contributed by atoms with Crippen molar-refractivity contribution in [1.29, 1.82) is 0 Å². The second-order valence-corrected chi connectivity index (χ2v) is 18.2. The Hall–Kier alpha value is -0.866. The van der Waals surface area contributed by atoms with Crippen molar-refractivity contribution < 1.29 is 0 Å². The Morgan fingerprint density at radius 1 is 0.913 bits per heavy atom. The van der Waals surface area contributed by atoms with Crippen LogP contribution in [-0.4, -0.2) is 16.1 Å². The highest BCUT2D eigenvalue weighted by Crippen LogP contribution is 2.53. The summed E-state index contributed by atoms with van der Waals surface area (Å²) in [6, 6.07) is 2.80. The summed E-state index contributed by atoms with van der Waals surface area (Å²) in [6.07, 6.45) is 9.47. The summed E-state index contributed by atoms with van der Waals surface area (Å²) in [7, 11) is -2.77. The molecule has 0 spiro atoms. The fraction of sp³-hybridized carbons (Fsp3) is 0.524. The van der Waals surface area contributed by atoms with Crippen molar-refractivity contribution in [2.45, 2.75) is 70.5 Å². The van der Waals surface area contributed by atoms with Gasteiger partial charge in [-0.15, -0.1) is 12.3 Å². The van der Waals surface area contributed by atoms with Crippen LogP contribution >= 0.6 is 0 Å². The predicted molar refractivity (Wildman–Crippen MR) is 111 cm³/mol. The minimum Gasteiger partial charge on any atom is -0.107 e. The molecule has 0 saturated carbocycles. The molecule has 0 amide bonds. The highest BCUT2D eigenvalue weighted by Gasteiger charge is 2.46. The molecule has 0 aromatic carbocycles. The van der Waals surface area contributed by atoms with Crippen molar-refractivity contribution in [3.63, 3.8) is 0 Å². The Balaban J connectivity index is 2.41. The lowest BCUT2D eigenvalue weighted by atomic mass is 10.1. The zero-order chi connectivity index (χ0) is 17.4. The first-order chi connectivity index (χ1) is 10.6. The minimum atomic E-state index is -1.52. The summed E-state index contributed by atoms with van der Waals surface area (Å²) in [4.78, 5) is 0. The first-order valence-electron chi connectivity index (χ1n) is 8.98. The molecule has 0 saturated heterocycles. The van der Waals surface area contributed by atoms with Crippen LogP contribution in [0.1, 0.15) is 27.7 Å². The van der Waals surface area contributed by atoms with E-state index in [-0.39, 0.29) is 0 Å². The second kappa shape index (κ2) is 6.56. The van der Waals surface area contributed by atoms with Crippen molar-refractivity contribution in [1.82, 2.24) is 0 Å². The molecule has 1 atom stereocenters. The second-order valence-electron chi connectivity index (χ2n) is 8.54. The molecule has 0 aliphatic heterocycles. The molecule has 23 heavy (non-hydrogen) atoms. The van der Waals surface area contributed by atoms with Crippen LogP contribution in [-0.2, 0) is 0 Å². The van der Waals surface area contributed by atoms with Gasteiger partial charge in [0.15, 0.2) is 0 Å². The summed E-state index contributed by atoms with van der Waals surface area (Å²) < 4.78 is 0. The van der Waals surface area contributed by atoms with E-state index in [2.05, 4.69) is 83.9 Å². The molecular weight excluding hydrogens is 308 g/mol. The van der Waals surface area contributed by atoms with Crippen LogP contribution in [0.4, 0.5) is 0 Å². The largest absolute Gasteiger partial charge is 0.107 e. The van der Waals surface area contributed by atoms with E-state index in [0.717, 1.165) is 5.54 Å². The van der Waals surface area contributed by atoms with Gasteiger partial charge in [-0.05, 0) is 49.9 Å². The molecule has 126 valence electrons. The molecule has 2 heteroatoms. The highest BCUT2D eigenvalue weighted by atomic mass is 28.3. The van der Waals surface area contributed by atoms with Crippen LogP contribution in [0.25, 0.3) is 0 Å². The summed E-state index contributed by atoms with van der Waals surface area (Å²) in [6.45, 7) is 21.1. The van der Waals surface area contributed by atoms with Gasteiger partial charge in [-0.2, -0.15) is 0 Å². The van der Waals surface area contributed by atoms with Gasteiger partial charge in [-0.1, -0.05) is 67.2 Å². The van der Waals surface area contributed by atoms with E-state index in [1.54, 1.807) is 22.3 Å². The lowest BCUT2D eigenvalue weighted by Gasteiger charge is -2.41. The third-order valence-corrected chi connectivity index (χ3v) is 15.2. The van der Waals surface area contributed by atoms with Gasteiger partial charge < -0.3 is 0 Å². The Kier molecular flexibility index (Phi) is 5.27. The lowest BCUT2D eigenvalue weighted by molar-refractivity contribution is 0.997. The van der Waals surface area contributed by atoms with Gasteiger partial charge in [0.1, 0.15) is 0 Å². The van der Waals surface area contributed by atoms with Gasteiger partial charge in [-0.3, -0.25) is 0 Å². The van der Waals surface area contributed by atoms with E-state index in [1.807, 2.05) is 0 Å². The van der Waals surface area contributed by atoms with Crippen molar-refractivity contribution in [3.8, 4) is 0 Å². The van der Waals surface area contributed by atoms with Crippen molar-refractivity contribution >= 4 is 16.1 Å². The van der Waals surface area contributed by atoms with Crippen LogP contribution < -0.4 is 0 Å². The van der Waals surface area contributed by atoms with E-state index < -0.39 is 16.1 Å². The molecular formula is C21H34Si2. The smallest absolute Gasteiger partial charge is 0.0733 e. The van der Waals surface area contributed by atoms with E-state index in [0.29, 0.717) is 5.54 Å². The van der Waals surface area contributed by atoms with E-state index in [1.165, 1.54) is 12.1 Å². The van der Waals surface area contributed by atoms with Crippen LogP contribution in [0.15, 0.2) is 58.9 Å². The van der Waals surface area contributed by atoms with Gasteiger partial charge in [0.2, 0.25) is 0 Å². The molecule has 2 rings (SSSR count). The Morgan fingerprint density at radius 2 is 1.39 bits per heavy atom. The monoisotopic (exact) mass is 342 g/mol. The number of allylic oxidation sites excluding steroid dienone is 8. The molecule has 0 aromatic heterocycles. The Labute approximate surface area is 145 Å². The third-order valence-electron chi connectivity index (χ3n) is 6.64. The minimum absolute atomic E-state index is 0.686. The Bertz CT molecular complexity index is 580. The van der Waals surface area contributed by atoms with Crippen molar-refractivity contribution in [2.75, 3.05) is 0 Å². The maximum absolute atomic E-state index is 4.11. The molecule has 0 aromatic rings. The quantitative estimate of drug-likeness (QED) is 0.453. The summed E-state index contributed by atoms with van der Waals surface area (Å²) in [5, 5.41) is 0. The average molecular weight is 343 g/mol. The van der Waals surface area contributed by atoms with Gasteiger partial charge in [0, 0.05) is 0 Å². The maximum atomic E-state index is 4.11. The van der Waals surface area contributed by atoms with Crippen LogP contribution in [0, 0.1) is 0 Å². The summed E-state index contributed by atoms with van der Waals surface area (Å²) in [5.74, 6) is 0. The number of rotatable bonds is 6. The standard InChI is InChI=1S/C21H34Si2/c1-9-22(6,7)14-15-23(8,20-12-10-11-13-20)21-18(4)16(2)17(3)19(21)5/h9-13,20-21H,1,14-15H2,2-8H3.